The molecule has 52 heavy (non-hydrogen) atoms. The molecule has 0 radical (unpaired) electrons. The van der Waals surface area contributed by atoms with E-state index in [2.05, 4.69) is 163 Å². The Bertz CT molecular complexity index is 2850. The molecule has 9 rings (SSSR count). The van der Waals surface area contributed by atoms with E-state index in [9.17, 15) is 0 Å². The number of hydrogen-bond acceptors (Lipinski definition) is 4. The van der Waals surface area contributed by atoms with Crippen LogP contribution in [-0.2, 0) is 6.42 Å². The maximum atomic E-state index is 5.33. The van der Waals surface area contributed by atoms with Gasteiger partial charge in [-0.1, -0.05) is 122 Å². The van der Waals surface area contributed by atoms with E-state index in [-0.39, 0.29) is 0 Å². The van der Waals surface area contributed by atoms with Gasteiger partial charge in [0.2, 0.25) is 0 Å². The molecule has 0 aliphatic carbocycles. The van der Waals surface area contributed by atoms with Crippen LogP contribution in [0.5, 0.6) is 0 Å². The van der Waals surface area contributed by atoms with Gasteiger partial charge in [0.1, 0.15) is 5.82 Å². The zero-order valence-corrected chi connectivity index (χ0v) is 29.1. The molecule has 0 unspecified atom stereocenters. The van der Waals surface area contributed by atoms with Crippen LogP contribution in [-0.4, -0.2) is 26.2 Å². The monoisotopic (exact) mass is 669 g/mol. The summed E-state index contributed by atoms with van der Waals surface area (Å²) < 4.78 is 2.28. The van der Waals surface area contributed by atoms with E-state index in [4.69, 9.17) is 15.0 Å². The highest BCUT2D eigenvalue weighted by Crippen LogP contribution is 2.39. The molecule has 6 aromatic carbocycles. The number of aryl methyl sites for hydroxylation is 1. The number of fused-ring (bicyclic) bond motifs is 6. The summed E-state index contributed by atoms with van der Waals surface area (Å²) >= 11 is 0. The van der Waals surface area contributed by atoms with Gasteiger partial charge >= 0.3 is 0 Å². The fraction of sp³-hybridized carbons (Fsp3) is 0.0638. The number of nitrogens with zero attached hydrogens (tertiary/aromatic N) is 5. The van der Waals surface area contributed by atoms with Crippen molar-refractivity contribution in [3.63, 3.8) is 0 Å². The number of para-hydroxylation sites is 2. The Kier molecular flexibility index (Phi) is 7.74. The molecule has 0 N–H and O–H groups in total. The maximum absolute atomic E-state index is 5.33. The van der Waals surface area contributed by atoms with Gasteiger partial charge in [0.15, 0.2) is 0 Å². The van der Waals surface area contributed by atoms with Crippen molar-refractivity contribution >= 4 is 62.1 Å². The third-order valence-electron chi connectivity index (χ3n) is 9.91. The van der Waals surface area contributed by atoms with E-state index >= 15 is 0 Å². The average Bonchev–Trinajstić information content (AvgIpc) is 3.60. The van der Waals surface area contributed by atoms with Crippen molar-refractivity contribution in [3.8, 4) is 39.3 Å². The summed E-state index contributed by atoms with van der Waals surface area (Å²) in [6, 6.07) is 49.0. The molecule has 0 fully saturated rings. The Labute approximate surface area is 302 Å². The molecule has 3 heterocycles. The Hall–Kier alpha value is -6.72. The molecule has 0 bridgehead atoms. The molecule has 248 valence electrons. The Balaban J connectivity index is 1.17. The predicted octanol–water partition coefficient (Wildman–Crippen LogP) is 12.2. The van der Waals surface area contributed by atoms with Gasteiger partial charge in [-0.05, 0) is 66.6 Å². The molecule has 5 heteroatoms. The average molecular weight is 670 g/mol. The van der Waals surface area contributed by atoms with Gasteiger partial charge in [0, 0.05) is 45.0 Å². The maximum Gasteiger partial charge on any atom is 0.114 e. The predicted molar refractivity (Wildman–Crippen MR) is 219 cm³/mol. The van der Waals surface area contributed by atoms with Crippen LogP contribution in [0.25, 0.3) is 89.0 Å². The fourth-order valence-electron chi connectivity index (χ4n) is 7.45. The molecular weight excluding hydrogens is 635 g/mol. The molecule has 0 aliphatic heterocycles. The van der Waals surface area contributed by atoms with E-state index in [0.717, 1.165) is 106 Å². The van der Waals surface area contributed by atoms with Crippen molar-refractivity contribution < 1.29 is 0 Å². The van der Waals surface area contributed by atoms with E-state index in [1.165, 1.54) is 0 Å². The molecule has 9 aromatic rings. The van der Waals surface area contributed by atoms with E-state index in [1.807, 2.05) is 19.1 Å². The third-order valence-corrected chi connectivity index (χ3v) is 9.91. The van der Waals surface area contributed by atoms with Crippen LogP contribution in [0, 0.1) is 0 Å². The van der Waals surface area contributed by atoms with Gasteiger partial charge < -0.3 is 0 Å². The van der Waals surface area contributed by atoms with E-state index in [0.29, 0.717) is 0 Å². The van der Waals surface area contributed by atoms with Gasteiger partial charge in [-0.25, -0.2) is 15.0 Å². The summed E-state index contributed by atoms with van der Waals surface area (Å²) in [5, 5.41) is 4.39. The van der Waals surface area contributed by atoms with Crippen molar-refractivity contribution in [1.82, 2.24) is 19.5 Å². The summed E-state index contributed by atoms with van der Waals surface area (Å²) in [5.41, 5.74) is 12.9. The van der Waals surface area contributed by atoms with E-state index < -0.39 is 0 Å². The molecule has 0 atom stereocenters. The molecule has 3 aromatic heterocycles. The van der Waals surface area contributed by atoms with Crippen LogP contribution >= 0.6 is 0 Å². The first-order valence-corrected chi connectivity index (χ1v) is 17.7. The van der Waals surface area contributed by atoms with Crippen molar-refractivity contribution in [2.24, 2.45) is 4.99 Å². The van der Waals surface area contributed by atoms with Crippen molar-refractivity contribution in [3.05, 3.63) is 157 Å². The minimum Gasteiger partial charge on any atom is -0.296 e. The van der Waals surface area contributed by atoms with Crippen molar-refractivity contribution in [2.45, 2.75) is 20.3 Å². The summed E-state index contributed by atoms with van der Waals surface area (Å²) in [6.07, 6.45) is 4.86. The zero-order valence-electron chi connectivity index (χ0n) is 29.1. The number of pyridine rings is 2. The summed E-state index contributed by atoms with van der Waals surface area (Å²) in [4.78, 5) is 20.0. The fourth-order valence-corrected chi connectivity index (χ4v) is 7.45. The minimum atomic E-state index is 0.802. The topological polar surface area (TPSA) is 56.0 Å². The Morgan fingerprint density at radius 1 is 0.654 bits per heavy atom. The van der Waals surface area contributed by atoms with Gasteiger partial charge in [0.05, 0.1) is 39.1 Å². The highest BCUT2D eigenvalue weighted by atomic mass is 15.1. The van der Waals surface area contributed by atoms with Crippen LogP contribution < -0.4 is 0 Å². The van der Waals surface area contributed by atoms with Crippen LogP contribution in [0.3, 0.4) is 0 Å². The number of allylic oxidation sites excluding steroid dienone is 1. The number of imidazole rings is 1. The SMILES string of the molecule is C=Nc1c(/C=C\C)ccc2ccc(-c3ccc(-c4cccc(-c5nc6ccccc6c6ccc7c(nc(CC)n7-c7ccccc7)c56)c4)cc3)nc12. The number of aromatic nitrogens is 4. The number of hydrogen-bond donors (Lipinski definition) is 0. The lowest BCUT2D eigenvalue weighted by molar-refractivity contribution is 0.908. The zero-order chi connectivity index (χ0) is 35.2. The summed E-state index contributed by atoms with van der Waals surface area (Å²) in [5.74, 6) is 1.03. The second kappa shape index (κ2) is 12.9. The standard InChI is InChI=1S/C47H35N5/c1-4-12-32-23-24-33-25-27-39(49-46(33)45(32)48-3)31-21-19-30(20-22-31)34-13-11-14-35(29-34)44-43-38(37-17-9-10-18-40(37)50-44)26-28-41-47(43)51-42(5-2)52(41)36-15-7-6-8-16-36/h4,6-29H,3,5H2,1-2H3/b12-4-. The van der Waals surface area contributed by atoms with Crippen LogP contribution in [0.1, 0.15) is 25.2 Å². The van der Waals surface area contributed by atoms with Gasteiger partial charge in [0.25, 0.3) is 0 Å². The number of aliphatic imine (C=N–C) groups is 1. The highest BCUT2D eigenvalue weighted by molar-refractivity contribution is 6.20. The number of benzene rings is 6. The smallest absolute Gasteiger partial charge is 0.114 e. The molecule has 0 saturated carbocycles. The normalized spacial score (nSPS) is 11.7. The lowest BCUT2D eigenvalue weighted by Crippen LogP contribution is -1.99. The molecule has 0 spiro atoms. The largest absolute Gasteiger partial charge is 0.296 e. The van der Waals surface area contributed by atoms with E-state index in [1.54, 1.807) is 0 Å². The van der Waals surface area contributed by atoms with Crippen molar-refractivity contribution in [2.75, 3.05) is 0 Å². The molecule has 5 nitrogen and oxygen atoms in total. The quantitative estimate of drug-likeness (QED) is 0.125. The third kappa shape index (κ3) is 5.17. The summed E-state index contributed by atoms with van der Waals surface area (Å²) in [6.45, 7) is 8.00. The first kappa shape index (κ1) is 31.3. The Morgan fingerprint density at radius 2 is 1.42 bits per heavy atom. The second-order valence-corrected chi connectivity index (χ2v) is 13.0. The molecule has 0 amide bonds. The van der Waals surface area contributed by atoms with Gasteiger partial charge in [-0.3, -0.25) is 9.56 Å². The lowest BCUT2D eigenvalue weighted by atomic mass is 9.96. The molecule has 0 saturated heterocycles. The molecule has 0 aliphatic rings. The van der Waals surface area contributed by atoms with Gasteiger partial charge in [-0.15, -0.1) is 0 Å². The second-order valence-electron chi connectivity index (χ2n) is 13.0. The molecular formula is C47H35N5. The first-order valence-electron chi connectivity index (χ1n) is 17.7. The van der Waals surface area contributed by atoms with Crippen LogP contribution in [0.4, 0.5) is 5.69 Å². The van der Waals surface area contributed by atoms with Crippen LogP contribution in [0.2, 0.25) is 0 Å². The number of rotatable bonds is 7. The highest BCUT2D eigenvalue weighted by Gasteiger charge is 2.19. The Morgan fingerprint density at radius 3 is 2.23 bits per heavy atom. The van der Waals surface area contributed by atoms with Crippen LogP contribution in [0.15, 0.2) is 151 Å². The van der Waals surface area contributed by atoms with Gasteiger partial charge in [-0.2, -0.15) is 0 Å². The first-order chi connectivity index (χ1) is 25.6. The summed E-state index contributed by atoms with van der Waals surface area (Å²) in [7, 11) is 0. The van der Waals surface area contributed by atoms with Crippen molar-refractivity contribution in [1.29, 1.82) is 0 Å². The lowest BCUT2D eigenvalue weighted by Gasteiger charge is -2.13. The minimum absolute atomic E-state index is 0.802.